The lowest BCUT2D eigenvalue weighted by Gasteiger charge is -1.96. The molecule has 0 amide bonds. The Morgan fingerprint density at radius 3 is 3.07 bits per heavy atom. The van der Waals surface area contributed by atoms with Gasteiger partial charge in [-0.05, 0) is 25.1 Å². The molecule has 78 valence electrons. The fourth-order valence-corrected chi connectivity index (χ4v) is 1.76. The van der Waals surface area contributed by atoms with Gasteiger partial charge >= 0.3 is 5.97 Å². The minimum absolute atomic E-state index is 0.280. The number of hydrogen-bond acceptors (Lipinski definition) is 2. The number of nitrogens with zero attached hydrogens (tertiary/aromatic N) is 1. The van der Waals surface area contributed by atoms with Crippen LogP contribution in [0.3, 0.4) is 0 Å². The molecule has 2 heterocycles. The quantitative estimate of drug-likeness (QED) is 0.784. The zero-order valence-electron chi connectivity index (χ0n) is 8.24. The average molecular weight is 268 g/mol. The van der Waals surface area contributed by atoms with E-state index < -0.39 is 0 Å². The molecule has 3 nitrogen and oxygen atoms in total. The summed E-state index contributed by atoms with van der Waals surface area (Å²) in [6.07, 6.45) is 3.65. The van der Waals surface area contributed by atoms with Crippen molar-refractivity contribution in [1.29, 1.82) is 0 Å². The van der Waals surface area contributed by atoms with Crippen LogP contribution in [0.25, 0.3) is 5.52 Å². The highest BCUT2D eigenvalue weighted by molar-refractivity contribution is 9.10. The summed E-state index contributed by atoms with van der Waals surface area (Å²) in [5, 5.41) is 0. The molecule has 0 spiro atoms. The molecule has 0 aliphatic rings. The van der Waals surface area contributed by atoms with Crippen LogP contribution in [0.15, 0.2) is 35.1 Å². The predicted octanol–water partition coefficient (Wildman–Crippen LogP) is 2.88. The molecule has 0 saturated carbocycles. The number of hydrogen-bond donors (Lipinski definition) is 0. The summed E-state index contributed by atoms with van der Waals surface area (Å²) in [7, 11) is 0. The van der Waals surface area contributed by atoms with E-state index in [2.05, 4.69) is 15.9 Å². The number of aromatic nitrogens is 1. The minimum atomic E-state index is -0.280. The number of ether oxygens (including phenoxy) is 1. The molecule has 0 fully saturated rings. The van der Waals surface area contributed by atoms with E-state index in [1.54, 1.807) is 13.1 Å². The molecule has 0 unspecified atom stereocenters. The van der Waals surface area contributed by atoms with Crippen LogP contribution in [0, 0.1) is 0 Å². The molecule has 0 atom stereocenters. The normalized spacial score (nSPS) is 10.5. The summed E-state index contributed by atoms with van der Waals surface area (Å²) >= 11 is 3.38. The Hall–Kier alpha value is -1.29. The second kappa shape index (κ2) is 4.06. The summed E-state index contributed by atoms with van der Waals surface area (Å²) in [5.74, 6) is -0.280. The van der Waals surface area contributed by atoms with Crippen LogP contribution in [0.5, 0.6) is 0 Å². The monoisotopic (exact) mass is 267 g/mol. The highest BCUT2D eigenvalue weighted by Crippen LogP contribution is 2.16. The number of pyridine rings is 1. The summed E-state index contributed by atoms with van der Waals surface area (Å²) in [5.41, 5.74) is 1.54. The number of halogens is 1. The van der Waals surface area contributed by atoms with E-state index in [1.807, 2.05) is 28.8 Å². The predicted molar refractivity (Wildman–Crippen MR) is 61.1 cm³/mol. The van der Waals surface area contributed by atoms with Gasteiger partial charge in [-0.2, -0.15) is 0 Å². The van der Waals surface area contributed by atoms with Crippen LogP contribution < -0.4 is 0 Å². The van der Waals surface area contributed by atoms with Gasteiger partial charge in [0.1, 0.15) is 0 Å². The van der Waals surface area contributed by atoms with E-state index >= 15 is 0 Å². The maximum Gasteiger partial charge on any atom is 0.339 e. The zero-order chi connectivity index (χ0) is 10.8. The summed E-state index contributed by atoms with van der Waals surface area (Å²) < 4.78 is 7.80. The lowest BCUT2D eigenvalue weighted by Crippen LogP contribution is -2.02. The van der Waals surface area contributed by atoms with Gasteiger partial charge in [-0.1, -0.05) is 15.9 Å². The molecule has 4 heteroatoms. The van der Waals surface area contributed by atoms with Crippen LogP contribution in [0.1, 0.15) is 17.3 Å². The van der Waals surface area contributed by atoms with E-state index in [-0.39, 0.29) is 5.97 Å². The van der Waals surface area contributed by atoms with E-state index in [0.29, 0.717) is 12.2 Å². The Morgan fingerprint density at radius 2 is 2.33 bits per heavy atom. The van der Waals surface area contributed by atoms with Crippen molar-refractivity contribution in [2.45, 2.75) is 6.92 Å². The first-order chi connectivity index (χ1) is 7.20. The van der Waals surface area contributed by atoms with Gasteiger partial charge in [0.2, 0.25) is 0 Å². The number of carbonyl (C=O) groups is 1. The molecule has 0 saturated heterocycles. The van der Waals surface area contributed by atoms with Gasteiger partial charge in [0.05, 0.1) is 12.2 Å². The highest BCUT2D eigenvalue weighted by Gasteiger charge is 2.09. The first kappa shape index (κ1) is 10.2. The van der Waals surface area contributed by atoms with Crippen molar-refractivity contribution in [2.24, 2.45) is 0 Å². The van der Waals surface area contributed by atoms with E-state index in [0.717, 1.165) is 9.99 Å². The number of fused-ring (bicyclic) bond motifs is 1. The second-order valence-corrected chi connectivity index (χ2v) is 4.04. The molecule has 15 heavy (non-hydrogen) atoms. The topological polar surface area (TPSA) is 30.7 Å². The molecule has 0 aliphatic heterocycles. The van der Waals surface area contributed by atoms with Crippen molar-refractivity contribution in [3.8, 4) is 0 Å². The van der Waals surface area contributed by atoms with Gasteiger partial charge in [0.25, 0.3) is 0 Å². The number of esters is 1. The smallest absolute Gasteiger partial charge is 0.339 e. The van der Waals surface area contributed by atoms with Crippen LogP contribution in [-0.4, -0.2) is 17.0 Å². The fraction of sp³-hybridized carbons (Fsp3) is 0.182. The molecule has 0 aromatic carbocycles. The Labute approximate surface area is 95.8 Å². The third-order valence-electron chi connectivity index (χ3n) is 2.07. The van der Waals surface area contributed by atoms with Crippen molar-refractivity contribution >= 4 is 27.4 Å². The Kier molecular flexibility index (Phi) is 2.77. The minimum Gasteiger partial charge on any atom is -0.462 e. The first-order valence-electron chi connectivity index (χ1n) is 4.65. The van der Waals surface area contributed by atoms with Crippen molar-refractivity contribution in [1.82, 2.24) is 4.40 Å². The lowest BCUT2D eigenvalue weighted by molar-refractivity contribution is 0.0526. The van der Waals surface area contributed by atoms with Crippen molar-refractivity contribution in [2.75, 3.05) is 6.61 Å². The summed E-state index contributed by atoms with van der Waals surface area (Å²) in [4.78, 5) is 11.5. The largest absolute Gasteiger partial charge is 0.462 e. The summed E-state index contributed by atoms with van der Waals surface area (Å²) in [6.45, 7) is 2.19. The van der Waals surface area contributed by atoms with Gasteiger partial charge in [0, 0.05) is 22.4 Å². The van der Waals surface area contributed by atoms with Gasteiger partial charge in [-0.3, -0.25) is 0 Å². The number of rotatable bonds is 2. The van der Waals surface area contributed by atoms with Crippen molar-refractivity contribution < 1.29 is 9.53 Å². The van der Waals surface area contributed by atoms with Gasteiger partial charge in [-0.25, -0.2) is 4.79 Å². The molecule has 0 N–H and O–H groups in total. The molecule has 0 radical (unpaired) electrons. The van der Waals surface area contributed by atoms with Gasteiger partial charge in [-0.15, -0.1) is 0 Å². The van der Waals surface area contributed by atoms with Crippen LogP contribution in [0.4, 0.5) is 0 Å². The molecule has 2 aromatic rings. The van der Waals surface area contributed by atoms with E-state index in [4.69, 9.17) is 4.74 Å². The van der Waals surface area contributed by atoms with E-state index in [1.165, 1.54) is 0 Å². The standard InChI is InChI=1S/C11H10BrNO2/c1-2-15-11(14)8-5-10-6-9(12)3-4-13(10)7-8/h3-7H,2H2,1H3. The molecular formula is C11H10BrNO2. The molecule has 0 aliphatic carbocycles. The lowest BCUT2D eigenvalue weighted by atomic mass is 10.3. The SMILES string of the molecule is CCOC(=O)c1cc2cc(Br)ccn2c1. The second-order valence-electron chi connectivity index (χ2n) is 3.13. The van der Waals surface area contributed by atoms with E-state index in [9.17, 15) is 4.79 Å². The zero-order valence-corrected chi connectivity index (χ0v) is 9.82. The van der Waals surface area contributed by atoms with Crippen LogP contribution >= 0.6 is 15.9 Å². The molecule has 0 bridgehead atoms. The third-order valence-corrected chi connectivity index (χ3v) is 2.56. The molecule has 2 rings (SSSR count). The van der Waals surface area contributed by atoms with Crippen LogP contribution in [-0.2, 0) is 4.74 Å². The van der Waals surface area contributed by atoms with Crippen molar-refractivity contribution in [3.63, 3.8) is 0 Å². The van der Waals surface area contributed by atoms with Gasteiger partial charge < -0.3 is 9.14 Å². The fourth-order valence-electron chi connectivity index (χ4n) is 1.41. The van der Waals surface area contributed by atoms with Gasteiger partial charge in [0.15, 0.2) is 0 Å². The molecule has 2 aromatic heterocycles. The Balaban J connectivity index is 2.42. The Bertz CT molecular complexity index is 504. The average Bonchev–Trinajstić information content (AvgIpc) is 2.60. The summed E-state index contributed by atoms with van der Waals surface area (Å²) in [6, 6.07) is 5.67. The van der Waals surface area contributed by atoms with Crippen LogP contribution in [0.2, 0.25) is 0 Å². The number of carbonyl (C=O) groups excluding carboxylic acids is 1. The third kappa shape index (κ3) is 2.04. The Morgan fingerprint density at radius 1 is 1.53 bits per heavy atom. The molecular weight excluding hydrogens is 258 g/mol. The maximum atomic E-state index is 11.5. The highest BCUT2D eigenvalue weighted by atomic mass is 79.9. The first-order valence-corrected chi connectivity index (χ1v) is 5.44. The maximum absolute atomic E-state index is 11.5. The van der Waals surface area contributed by atoms with Crippen molar-refractivity contribution in [3.05, 3.63) is 40.6 Å².